The molecule has 0 aliphatic rings. The summed E-state index contributed by atoms with van der Waals surface area (Å²) in [5, 5.41) is 8.22. The number of hydrogen-bond acceptors (Lipinski definition) is 1. The summed E-state index contributed by atoms with van der Waals surface area (Å²) < 4.78 is 0. The summed E-state index contributed by atoms with van der Waals surface area (Å²) in [6.07, 6.45) is 6.00. The van der Waals surface area contributed by atoms with Crippen LogP contribution in [0.1, 0.15) is 19.8 Å². The van der Waals surface area contributed by atoms with Crippen molar-refractivity contribution >= 4 is 0 Å². The Labute approximate surface area is 56.4 Å². The summed E-state index contributed by atoms with van der Waals surface area (Å²) >= 11 is 0. The largest absolute Gasteiger partial charge is 0.384 e. The van der Waals surface area contributed by atoms with E-state index in [1.165, 1.54) is 0 Å². The molecule has 1 nitrogen and oxygen atoms in total. The van der Waals surface area contributed by atoms with Crippen molar-refractivity contribution in [3.8, 4) is 11.8 Å². The highest BCUT2D eigenvalue weighted by Gasteiger charge is 1.67. The van der Waals surface area contributed by atoms with Gasteiger partial charge in [-0.25, -0.2) is 0 Å². The molecular weight excluding hydrogens is 112 g/mol. The van der Waals surface area contributed by atoms with Crippen molar-refractivity contribution in [1.82, 2.24) is 0 Å². The molecule has 1 N–H and O–H groups in total. The van der Waals surface area contributed by atoms with E-state index in [1.807, 2.05) is 6.08 Å². The lowest BCUT2D eigenvalue weighted by atomic mass is 10.3. The average molecular weight is 124 g/mol. The molecule has 9 heavy (non-hydrogen) atoms. The van der Waals surface area contributed by atoms with E-state index in [0.717, 1.165) is 12.8 Å². The SMILES string of the molecule is CCC/C=C/C#CCO. The van der Waals surface area contributed by atoms with E-state index in [4.69, 9.17) is 5.11 Å². The van der Waals surface area contributed by atoms with E-state index in [9.17, 15) is 0 Å². The van der Waals surface area contributed by atoms with Crippen LogP contribution in [0.3, 0.4) is 0 Å². The minimum atomic E-state index is -0.0452. The van der Waals surface area contributed by atoms with Gasteiger partial charge in [0.2, 0.25) is 0 Å². The molecule has 0 rings (SSSR count). The van der Waals surface area contributed by atoms with Crippen LogP contribution in [-0.2, 0) is 0 Å². The highest BCUT2D eigenvalue weighted by atomic mass is 16.2. The molecule has 0 fully saturated rings. The number of hydrogen-bond donors (Lipinski definition) is 1. The Morgan fingerprint density at radius 3 is 2.89 bits per heavy atom. The van der Waals surface area contributed by atoms with E-state index in [0.29, 0.717) is 0 Å². The van der Waals surface area contributed by atoms with E-state index in [2.05, 4.69) is 18.8 Å². The van der Waals surface area contributed by atoms with Crippen LogP contribution in [0.15, 0.2) is 12.2 Å². The molecule has 0 radical (unpaired) electrons. The molecule has 0 heterocycles. The van der Waals surface area contributed by atoms with Crippen LogP contribution in [0.4, 0.5) is 0 Å². The van der Waals surface area contributed by atoms with Gasteiger partial charge in [-0.3, -0.25) is 0 Å². The van der Waals surface area contributed by atoms with E-state index in [1.54, 1.807) is 6.08 Å². The fourth-order valence-corrected chi connectivity index (χ4v) is 0.413. The van der Waals surface area contributed by atoms with Crippen LogP contribution in [-0.4, -0.2) is 11.7 Å². The number of unbranched alkanes of at least 4 members (excludes halogenated alkanes) is 1. The Morgan fingerprint density at radius 2 is 2.33 bits per heavy atom. The van der Waals surface area contributed by atoms with Gasteiger partial charge in [0.25, 0.3) is 0 Å². The van der Waals surface area contributed by atoms with Crippen molar-refractivity contribution in [3.05, 3.63) is 12.2 Å². The highest BCUT2D eigenvalue weighted by Crippen LogP contribution is 1.85. The second-order valence-corrected chi connectivity index (χ2v) is 1.67. The third kappa shape index (κ3) is 7.26. The molecule has 1 heteroatoms. The van der Waals surface area contributed by atoms with Crippen molar-refractivity contribution in [2.24, 2.45) is 0 Å². The highest BCUT2D eigenvalue weighted by molar-refractivity contribution is 5.14. The van der Waals surface area contributed by atoms with E-state index in [-0.39, 0.29) is 6.61 Å². The Bertz CT molecular complexity index is 125. The first-order valence-electron chi connectivity index (χ1n) is 3.16. The van der Waals surface area contributed by atoms with Gasteiger partial charge in [-0.1, -0.05) is 31.3 Å². The Balaban J connectivity index is 3.23. The summed E-state index contributed by atoms with van der Waals surface area (Å²) in [4.78, 5) is 0. The van der Waals surface area contributed by atoms with Crippen LogP contribution < -0.4 is 0 Å². The van der Waals surface area contributed by atoms with Gasteiger partial charge in [0.1, 0.15) is 6.61 Å². The molecule has 0 saturated carbocycles. The van der Waals surface area contributed by atoms with Crippen molar-refractivity contribution in [2.75, 3.05) is 6.61 Å². The van der Waals surface area contributed by atoms with Crippen LogP contribution in [0, 0.1) is 11.8 Å². The second kappa shape index (κ2) is 7.26. The predicted octanol–water partition coefficient (Wildman–Crippen LogP) is 1.34. The molecule has 0 atom stereocenters. The third-order valence-electron chi connectivity index (χ3n) is 0.838. The van der Waals surface area contributed by atoms with E-state index < -0.39 is 0 Å². The Hall–Kier alpha value is -0.740. The van der Waals surface area contributed by atoms with Crippen molar-refractivity contribution in [3.63, 3.8) is 0 Å². The molecule has 0 aromatic carbocycles. The monoisotopic (exact) mass is 124 g/mol. The maximum absolute atomic E-state index is 8.22. The molecule has 0 amide bonds. The molecule has 0 bridgehead atoms. The van der Waals surface area contributed by atoms with Gasteiger partial charge in [-0.15, -0.1) is 0 Å². The lowest BCUT2D eigenvalue weighted by molar-refractivity contribution is 0.350. The minimum Gasteiger partial charge on any atom is -0.384 e. The summed E-state index contributed by atoms with van der Waals surface area (Å²) in [7, 11) is 0. The molecule has 0 saturated heterocycles. The first-order chi connectivity index (χ1) is 4.41. The summed E-state index contributed by atoms with van der Waals surface area (Å²) in [5.41, 5.74) is 0. The topological polar surface area (TPSA) is 20.2 Å². The third-order valence-corrected chi connectivity index (χ3v) is 0.838. The molecular formula is C8H12O. The first kappa shape index (κ1) is 8.26. The van der Waals surface area contributed by atoms with E-state index >= 15 is 0 Å². The average Bonchev–Trinajstić information content (AvgIpc) is 1.89. The maximum atomic E-state index is 8.22. The van der Waals surface area contributed by atoms with Crippen molar-refractivity contribution < 1.29 is 5.11 Å². The zero-order chi connectivity index (χ0) is 6.95. The zero-order valence-electron chi connectivity index (χ0n) is 5.72. The van der Waals surface area contributed by atoms with Crippen LogP contribution in [0.25, 0.3) is 0 Å². The minimum absolute atomic E-state index is 0.0452. The zero-order valence-corrected chi connectivity index (χ0v) is 5.72. The normalized spacial score (nSPS) is 9.11. The fraction of sp³-hybridized carbons (Fsp3) is 0.500. The lowest BCUT2D eigenvalue weighted by Crippen LogP contribution is -1.68. The molecule has 0 aliphatic heterocycles. The van der Waals surface area contributed by atoms with Gasteiger partial charge in [-0.05, 0) is 12.5 Å². The summed E-state index contributed by atoms with van der Waals surface area (Å²) in [6, 6.07) is 0. The van der Waals surface area contributed by atoms with Crippen molar-refractivity contribution in [2.45, 2.75) is 19.8 Å². The molecule has 0 unspecified atom stereocenters. The van der Waals surface area contributed by atoms with Gasteiger partial charge in [0.15, 0.2) is 0 Å². The maximum Gasteiger partial charge on any atom is 0.104 e. The summed E-state index contributed by atoms with van der Waals surface area (Å²) in [5.74, 6) is 5.22. The first-order valence-corrected chi connectivity index (χ1v) is 3.16. The standard InChI is InChI=1S/C8H12O/c1-2-3-4-5-6-7-8-9/h4-5,9H,2-3,8H2,1H3/b5-4+. The van der Waals surface area contributed by atoms with Crippen LogP contribution in [0.2, 0.25) is 0 Å². The van der Waals surface area contributed by atoms with Gasteiger partial charge >= 0.3 is 0 Å². The van der Waals surface area contributed by atoms with Gasteiger partial charge in [-0.2, -0.15) is 0 Å². The smallest absolute Gasteiger partial charge is 0.104 e. The van der Waals surface area contributed by atoms with Crippen LogP contribution in [0.5, 0.6) is 0 Å². The lowest BCUT2D eigenvalue weighted by Gasteiger charge is -1.77. The number of allylic oxidation sites excluding steroid dienone is 2. The van der Waals surface area contributed by atoms with Gasteiger partial charge in [0.05, 0.1) is 0 Å². The number of aliphatic hydroxyl groups is 1. The van der Waals surface area contributed by atoms with Gasteiger partial charge < -0.3 is 5.11 Å². The predicted molar refractivity (Wildman–Crippen MR) is 38.9 cm³/mol. The number of rotatable bonds is 2. The van der Waals surface area contributed by atoms with Gasteiger partial charge in [0, 0.05) is 0 Å². The molecule has 0 aromatic rings. The second-order valence-electron chi connectivity index (χ2n) is 1.67. The Morgan fingerprint density at radius 1 is 1.56 bits per heavy atom. The summed E-state index contributed by atoms with van der Waals surface area (Å²) in [6.45, 7) is 2.07. The molecule has 50 valence electrons. The number of aliphatic hydroxyl groups excluding tert-OH is 1. The Kier molecular flexibility index (Phi) is 6.66. The molecule has 0 spiro atoms. The fourth-order valence-electron chi connectivity index (χ4n) is 0.413. The van der Waals surface area contributed by atoms with Crippen LogP contribution >= 0.6 is 0 Å². The molecule has 0 aromatic heterocycles. The van der Waals surface area contributed by atoms with Crippen molar-refractivity contribution in [1.29, 1.82) is 0 Å². The molecule has 0 aliphatic carbocycles. The quantitative estimate of drug-likeness (QED) is 0.551.